The molecule has 2 heterocycles. The minimum atomic E-state index is 0.826. The maximum atomic E-state index is 5.37. The van der Waals surface area contributed by atoms with Gasteiger partial charge in [-0.05, 0) is 43.5 Å². The van der Waals surface area contributed by atoms with Crippen LogP contribution in [-0.4, -0.2) is 30.4 Å². The van der Waals surface area contributed by atoms with Crippen molar-refractivity contribution in [3.63, 3.8) is 0 Å². The van der Waals surface area contributed by atoms with Gasteiger partial charge in [-0.15, -0.1) is 10.2 Å². The lowest BCUT2D eigenvalue weighted by atomic mass is 10.1. The number of aromatic nitrogens is 2. The molecule has 1 aliphatic heterocycles. The van der Waals surface area contributed by atoms with E-state index >= 15 is 0 Å². The number of benzene rings is 1. The molecule has 1 aliphatic rings. The molecular weight excluding hydrogens is 250 g/mol. The summed E-state index contributed by atoms with van der Waals surface area (Å²) < 4.78 is 5.37. The summed E-state index contributed by atoms with van der Waals surface area (Å²) >= 11 is 0. The number of methoxy groups -OCH3 is 1. The third-order valence-corrected chi connectivity index (χ3v) is 3.71. The highest BCUT2D eigenvalue weighted by molar-refractivity contribution is 5.67. The number of anilines is 1. The van der Waals surface area contributed by atoms with Crippen molar-refractivity contribution in [2.45, 2.75) is 19.3 Å². The Morgan fingerprint density at radius 1 is 0.950 bits per heavy atom. The van der Waals surface area contributed by atoms with E-state index in [1.807, 2.05) is 30.3 Å². The number of rotatable bonds is 3. The Morgan fingerprint density at radius 2 is 1.75 bits per heavy atom. The van der Waals surface area contributed by atoms with Gasteiger partial charge >= 0.3 is 0 Å². The van der Waals surface area contributed by atoms with Crippen molar-refractivity contribution in [1.29, 1.82) is 0 Å². The molecule has 0 saturated carbocycles. The number of hydrogen-bond donors (Lipinski definition) is 0. The van der Waals surface area contributed by atoms with Crippen LogP contribution in [0.25, 0.3) is 11.3 Å². The number of hydrogen-bond acceptors (Lipinski definition) is 4. The molecule has 2 aromatic rings. The first-order valence-electron chi connectivity index (χ1n) is 7.10. The number of nitrogens with zero attached hydrogens (tertiary/aromatic N) is 3. The van der Waals surface area contributed by atoms with Crippen molar-refractivity contribution < 1.29 is 4.74 Å². The highest BCUT2D eigenvalue weighted by atomic mass is 16.5. The summed E-state index contributed by atoms with van der Waals surface area (Å²) in [6.07, 6.45) is 3.81. The van der Waals surface area contributed by atoms with Crippen LogP contribution in [-0.2, 0) is 0 Å². The number of piperidine rings is 1. The van der Waals surface area contributed by atoms with Gasteiger partial charge in [-0.1, -0.05) is 12.1 Å². The summed E-state index contributed by atoms with van der Waals surface area (Å²) in [6.45, 7) is 2.17. The Morgan fingerprint density at radius 3 is 2.45 bits per heavy atom. The highest BCUT2D eigenvalue weighted by Crippen LogP contribution is 2.28. The lowest BCUT2D eigenvalue weighted by molar-refractivity contribution is 0.416. The van der Waals surface area contributed by atoms with Gasteiger partial charge in [0, 0.05) is 18.7 Å². The molecule has 1 aromatic carbocycles. The molecule has 20 heavy (non-hydrogen) atoms. The smallest absolute Gasteiger partial charge is 0.151 e. The van der Waals surface area contributed by atoms with Gasteiger partial charge in [0.25, 0.3) is 0 Å². The van der Waals surface area contributed by atoms with Crippen LogP contribution in [0.3, 0.4) is 0 Å². The highest BCUT2D eigenvalue weighted by Gasteiger charge is 2.13. The molecule has 3 rings (SSSR count). The van der Waals surface area contributed by atoms with E-state index in [-0.39, 0.29) is 0 Å². The Bertz CT molecular complexity index is 562. The topological polar surface area (TPSA) is 38.2 Å². The molecule has 1 saturated heterocycles. The predicted octanol–water partition coefficient (Wildman–Crippen LogP) is 3.14. The number of para-hydroxylation sites is 1. The van der Waals surface area contributed by atoms with Gasteiger partial charge < -0.3 is 9.64 Å². The SMILES string of the molecule is COc1ccccc1-c1ccc(N2CCCCC2)nn1. The minimum Gasteiger partial charge on any atom is -0.496 e. The van der Waals surface area contributed by atoms with Crippen molar-refractivity contribution in [2.24, 2.45) is 0 Å². The van der Waals surface area contributed by atoms with Crippen LogP contribution >= 0.6 is 0 Å². The van der Waals surface area contributed by atoms with Gasteiger partial charge in [0.1, 0.15) is 5.75 Å². The average Bonchev–Trinajstić information content (AvgIpc) is 2.56. The van der Waals surface area contributed by atoms with E-state index in [1.165, 1.54) is 19.3 Å². The van der Waals surface area contributed by atoms with Crippen molar-refractivity contribution >= 4 is 5.82 Å². The Hall–Kier alpha value is -2.10. The first-order chi connectivity index (χ1) is 9.88. The van der Waals surface area contributed by atoms with Crippen LogP contribution in [0, 0.1) is 0 Å². The molecule has 0 N–H and O–H groups in total. The molecule has 0 spiro atoms. The van der Waals surface area contributed by atoms with Gasteiger partial charge in [-0.3, -0.25) is 0 Å². The monoisotopic (exact) mass is 269 g/mol. The second-order valence-electron chi connectivity index (χ2n) is 5.02. The first-order valence-corrected chi connectivity index (χ1v) is 7.10. The molecule has 0 unspecified atom stereocenters. The third-order valence-electron chi connectivity index (χ3n) is 3.71. The normalized spacial score (nSPS) is 15.2. The molecule has 0 bridgehead atoms. The van der Waals surface area contributed by atoms with E-state index in [0.29, 0.717) is 0 Å². The zero-order valence-corrected chi connectivity index (χ0v) is 11.7. The molecule has 4 nitrogen and oxygen atoms in total. The summed E-state index contributed by atoms with van der Waals surface area (Å²) in [6, 6.07) is 12.0. The minimum absolute atomic E-state index is 0.826. The molecule has 0 amide bonds. The van der Waals surface area contributed by atoms with Gasteiger partial charge in [0.2, 0.25) is 0 Å². The van der Waals surface area contributed by atoms with Crippen LogP contribution in [0.15, 0.2) is 36.4 Å². The fourth-order valence-electron chi connectivity index (χ4n) is 2.62. The van der Waals surface area contributed by atoms with E-state index in [1.54, 1.807) is 7.11 Å². The second-order valence-corrected chi connectivity index (χ2v) is 5.02. The first kappa shape index (κ1) is 12.9. The zero-order valence-electron chi connectivity index (χ0n) is 11.7. The summed E-state index contributed by atoms with van der Waals surface area (Å²) in [7, 11) is 1.67. The Balaban J connectivity index is 1.85. The van der Waals surface area contributed by atoms with Crippen molar-refractivity contribution in [2.75, 3.05) is 25.1 Å². The van der Waals surface area contributed by atoms with Gasteiger partial charge in [-0.2, -0.15) is 0 Å². The van der Waals surface area contributed by atoms with Crippen LogP contribution in [0.4, 0.5) is 5.82 Å². The fourth-order valence-corrected chi connectivity index (χ4v) is 2.62. The van der Waals surface area contributed by atoms with E-state index in [0.717, 1.165) is 35.9 Å². The lowest BCUT2D eigenvalue weighted by Gasteiger charge is -2.27. The lowest BCUT2D eigenvalue weighted by Crippen LogP contribution is -2.30. The summed E-state index contributed by atoms with van der Waals surface area (Å²) in [5.41, 5.74) is 1.83. The largest absolute Gasteiger partial charge is 0.496 e. The van der Waals surface area contributed by atoms with Crippen molar-refractivity contribution in [1.82, 2.24) is 10.2 Å². The quantitative estimate of drug-likeness (QED) is 0.858. The van der Waals surface area contributed by atoms with E-state index in [2.05, 4.69) is 21.2 Å². The molecule has 104 valence electrons. The van der Waals surface area contributed by atoms with Gasteiger partial charge in [-0.25, -0.2) is 0 Å². The summed E-state index contributed by atoms with van der Waals surface area (Å²) in [4.78, 5) is 2.31. The molecular formula is C16H19N3O. The second kappa shape index (κ2) is 5.90. The van der Waals surface area contributed by atoms with Crippen LogP contribution in [0.1, 0.15) is 19.3 Å². The molecule has 4 heteroatoms. The van der Waals surface area contributed by atoms with E-state index < -0.39 is 0 Å². The van der Waals surface area contributed by atoms with Gasteiger partial charge in [0.15, 0.2) is 5.82 Å². The molecule has 0 atom stereocenters. The summed E-state index contributed by atoms with van der Waals surface area (Å²) in [5.74, 6) is 1.80. The Kier molecular flexibility index (Phi) is 3.81. The van der Waals surface area contributed by atoms with Gasteiger partial charge in [0.05, 0.1) is 12.8 Å². The average molecular weight is 269 g/mol. The van der Waals surface area contributed by atoms with Crippen LogP contribution in [0.5, 0.6) is 5.75 Å². The van der Waals surface area contributed by atoms with Crippen LogP contribution < -0.4 is 9.64 Å². The Labute approximate surface area is 119 Å². The zero-order chi connectivity index (χ0) is 13.8. The number of ether oxygens (including phenoxy) is 1. The van der Waals surface area contributed by atoms with E-state index in [9.17, 15) is 0 Å². The molecule has 0 aliphatic carbocycles. The van der Waals surface area contributed by atoms with Crippen molar-refractivity contribution in [3.05, 3.63) is 36.4 Å². The standard InChI is InChI=1S/C16H19N3O/c1-20-15-8-4-3-7-13(15)14-9-10-16(18-17-14)19-11-5-2-6-12-19/h3-4,7-10H,2,5-6,11-12H2,1H3. The molecule has 1 fully saturated rings. The van der Waals surface area contributed by atoms with Crippen LogP contribution in [0.2, 0.25) is 0 Å². The third kappa shape index (κ3) is 2.59. The van der Waals surface area contributed by atoms with Crippen molar-refractivity contribution in [3.8, 4) is 17.0 Å². The molecule has 0 radical (unpaired) electrons. The molecule has 1 aromatic heterocycles. The fraction of sp³-hybridized carbons (Fsp3) is 0.375. The predicted molar refractivity (Wildman–Crippen MR) is 80.1 cm³/mol. The maximum Gasteiger partial charge on any atom is 0.151 e. The summed E-state index contributed by atoms with van der Waals surface area (Å²) in [5, 5.41) is 8.74. The van der Waals surface area contributed by atoms with E-state index in [4.69, 9.17) is 4.74 Å². The maximum absolute atomic E-state index is 5.37.